The standard InChI is InChI=1S/C25H32N2O3/c1-29-23-7-3-19(4-8-23)16-26-13-11-21-15-25(28)27(14-12-22(21)18-26)17-20-5-9-24(30-2)10-6-20/h3-10,21-22H,11-18H2,1-2H3/t21-,22-/m0/s1. The maximum Gasteiger partial charge on any atom is 0.223 e. The molecule has 2 aliphatic heterocycles. The van der Waals surface area contributed by atoms with Gasteiger partial charge in [0.1, 0.15) is 11.5 Å². The van der Waals surface area contributed by atoms with Crippen molar-refractivity contribution in [1.29, 1.82) is 0 Å². The number of hydrogen-bond acceptors (Lipinski definition) is 4. The van der Waals surface area contributed by atoms with E-state index in [0.717, 1.165) is 56.1 Å². The Morgan fingerprint density at radius 2 is 1.37 bits per heavy atom. The van der Waals surface area contributed by atoms with Gasteiger partial charge in [0.2, 0.25) is 5.91 Å². The van der Waals surface area contributed by atoms with E-state index in [1.807, 2.05) is 29.2 Å². The molecular formula is C25H32N2O3. The number of nitrogens with zero attached hydrogens (tertiary/aromatic N) is 2. The molecule has 2 heterocycles. The zero-order valence-corrected chi connectivity index (χ0v) is 18.0. The number of fused-ring (bicyclic) bond motifs is 1. The minimum absolute atomic E-state index is 0.307. The van der Waals surface area contributed by atoms with Gasteiger partial charge in [0, 0.05) is 32.6 Å². The van der Waals surface area contributed by atoms with Crippen LogP contribution in [0.25, 0.3) is 0 Å². The Kier molecular flexibility index (Phi) is 6.58. The predicted molar refractivity (Wildman–Crippen MR) is 118 cm³/mol. The molecule has 0 saturated carbocycles. The molecule has 0 aromatic heterocycles. The second kappa shape index (κ2) is 9.52. The van der Waals surface area contributed by atoms with Gasteiger partial charge in [-0.2, -0.15) is 0 Å². The van der Waals surface area contributed by atoms with Crippen molar-refractivity contribution in [3.63, 3.8) is 0 Å². The Bertz CT molecular complexity index is 834. The molecule has 0 aliphatic carbocycles. The molecule has 0 N–H and O–H groups in total. The number of methoxy groups -OCH3 is 2. The lowest BCUT2D eigenvalue weighted by molar-refractivity contribution is -0.132. The van der Waals surface area contributed by atoms with Gasteiger partial charge >= 0.3 is 0 Å². The lowest BCUT2D eigenvalue weighted by Gasteiger charge is -2.37. The van der Waals surface area contributed by atoms with E-state index in [2.05, 4.69) is 29.2 Å². The number of carbonyl (C=O) groups excluding carboxylic acids is 1. The summed E-state index contributed by atoms with van der Waals surface area (Å²) in [7, 11) is 3.37. The van der Waals surface area contributed by atoms with Gasteiger partial charge < -0.3 is 14.4 Å². The Hall–Kier alpha value is -2.53. The summed E-state index contributed by atoms with van der Waals surface area (Å²) in [6, 6.07) is 16.4. The van der Waals surface area contributed by atoms with Crippen LogP contribution >= 0.6 is 0 Å². The highest BCUT2D eigenvalue weighted by Gasteiger charge is 2.34. The summed E-state index contributed by atoms with van der Waals surface area (Å²) in [4.78, 5) is 17.5. The third kappa shape index (κ3) is 4.96. The third-order valence-corrected chi connectivity index (χ3v) is 6.63. The molecule has 0 radical (unpaired) electrons. The molecule has 2 saturated heterocycles. The zero-order chi connectivity index (χ0) is 20.9. The first-order chi connectivity index (χ1) is 14.6. The van der Waals surface area contributed by atoms with E-state index in [-0.39, 0.29) is 0 Å². The summed E-state index contributed by atoms with van der Waals surface area (Å²) in [5, 5.41) is 0. The number of ether oxygens (including phenoxy) is 2. The molecule has 5 nitrogen and oxygen atoms in total. The second-order valence-corrected chi connectivity index (χ2v) is 8.55. The van der Waals surface area contributed by atoms with Gasteiger partial charge in [-0.3, -0.25) is 9.69 Å². The van der Waals surface area contributed by atoms with Crippen LogP contribution in [-0.2, 0) is 17.9 Å². The monoisotopic (exact) mass is 408 g/mol. The van der Waals surface area contributed by atoms with Crippen molar-refractivity contribution < 1.29 is 14.3 Å². The molecule has 0 unspecified atom stereocenters. The van der Waals surface area contributed by atoms with Crippen LogP contribution in [0.15, 0.2) is 48.5 Å². The molecule has 2 aromatic carbocycles. The Morgan fingerprint density at radius 1 is 0.800 bits per heavy atom. The van der Waals surface area contributed by atoms with E-state index in [9.17, 15) is 4.79 Å². The largest absolute Gasteiger partial charge is 0.497 e. The highest BCUT2D eigenvalue weighted by atomic mass is 16.5. The number of piperidine rings is 1. The Balaban J connectivity index is 1.34. The van der Waals surface area contributed by atoms with Crippen molar-refractivity contribution in [2.24, 2.45) is 11.8 Å². The van der Waals surface area contributed by atoms with Crippen molar-refractivity contribution in [2.45, 2.75) is 32.4 Å². The highest BCUT2D eigenvalue weighted by Crippen LogP contribution is 2.33. The molecule has 2 atom stereocenters. The van der Waals surface area contributed by atoms with Gasteiger partial charge in [-0.25, -0.2) is 0 Å². The first kappa shape index (κ1) is 20.7. The molecular weight excluding hydrogens is 376 g/mol. The van der Waals surface area contributed by atoms with Gasteiger partial charge in [0.05, 0.1) is 14.2 Å². The molecule has 160 valence electrons. The first-order valence-electron chi connectivity index (χ1n) is 10.9. The summed E-state index contributed by atoms with van der Waals surface area (Å²) in [6.07, 6.45) is 2.89. The van der Waals surface area contributed by atoms with Crippen LogP contribution in [-0.4, -0.2) is 49.6 Å². The van der Waals surface area contributed by atoms with Crippen LogP contribution < -0.4 is 9.47 Å². The Morgan fingerprint density at radius 3 is 1.97 bits per heavy atom. The summed E-state index contributed by atoms with van der Waals surface area (Å²) < 4.78 is 10.5. The van der Waals surface area contributed by atoms with Crippen molar-refractivity contribution in [1.82, 2.24) is 9.80 Å². The SMILES string of the molecule is COc1ccc(CN2CC[C@H]3CC(=O)N(Cc4ccc(OC)cc4)CC[C@H]3C2)cc1. The van der Waals surface area contributed by atoms with Gasteiger partial charge in [0.25, 0.3) is 0 Å². The minimum Gasteiger partial charge on any atom is -0.497 e. The van der Waals surface area contributed by atoms with Crippen LogP contribution in [0.5, 0.6) is 11.5 Å². The number of carbonyl (C=O) groups is 1. The van der Waals surface area contributed by atoms with E-state index in [4.69, 9.17) is 9.47 Å². The van der Waals surface area contributed by atoms with Gasteiger partial charge in [-0.15, -0.1) is 0 Å². The average Bonchev–Trinajstić information content (AvgIpc) is 2.93. The van der Waals surface area contributed by atoms with Crippen LogP contribution in [0.4, 0.5) is 0 Å². The summed E-state index contributed by atoms with van der Waals surface area (Å²) >= 11 is 0. The molecule has 0 bridgehead atoms. The van der Waals surface area contributed by atoms with Gasteiger partial charge in [0.15, 0.2) is 0 Å². The number of amides is 1. The molecule has 2 aromatic rings. The minimum atomic E-state index is 0.307. The number of benzene rings is 2. The van der Waals surface area contributed by atoms with Gasteiger partial charge in [-0.05, 0) is 66.6 Å². The average molecular weight is 409 g/mol. The van der Waals surface area contributed by atoms with Crippen molar-refractivity contribution in [3.8, 4) is 11.5 Å². The molecule has 0 spiro atoms. The molecule has 1 amide bonds. The molecule has 2 fully saturated rings. The van der Waals surface area contributed by atoms with Crippen LogP contribution in [0, 0.1) is 11.8 Å². The number of rotatable bonds is 6. The normalized spacial score (nSPS) is 22.3. The smallest absolute Gasteiger partial charge is 0.223 e. The van der Waals surface area contributed by atoms with E-state index in [1.165, 1.54) is 5.56 Å². The van der Waals surface area contributed by atoms with Gasteiger partial charge in [-0.1, -0.05) is 24.3 Å². The fourth-order valence-electron chi connectivity index (χ4n) is 4.80. The zero-order valence-electron chi connectivity index (χ0n) is 18.0. The topological polar surface area (TPSA) is 42.0 Å². The fourth-order valence-corrected chi connectivity index (χ4v) is 4.80. The molecule has 30 heavy (non-hydrogen) atoms. The molecule has 5 heteroatoms. The maximum absolute atomic E-state index is 12.9. The number of hydrogen-bond donors (Lipinski definition) is 0. The summed E-state index contributed by atoms with van der Waals surface area (Å²) in [5.74, 6) is 3.18. The van der Waals surface area contributed by atoms with Crippen LogP contribution in [0.1, 0.15) is 30.4 Å². The van der Waals surface area contributed by atoms with Crippen LogP contribution in [0.3, 0.4) is 0 Å². The van der Waals surface area contributed by atoms with E-state index < -0.39 is 0 Å². The second-order valence-electron chi connectivity index (χ2n) is 8.55. The van der Waals surface area contributed by atoms with E-state index in [1.54, 1.807) is 14.2 Å². The van der Waals surface area contributed by atoms with E-state index in [0.29, 0.717) is 30.7 Å². The fraction of sp³-hybridized carbons (Fsp3) is 0.480. The maximum atomic E-state index is 12.9. The van der Waals surface area contributed by atoms with Crippen molar-refractivity contribution >= 4 is 5.91 Å². The Labute approximate surface area is 179 Å². The number of likely N-dealkylation sites (tertiary alicyclic amines) is 2. The summed E-state index contributed by atoms with van der Waals surface area (Å²) in [5.41, 5.74) is 2.48. The molecule has 2 aliphatic rings. The van der Waals surface area contributed by atoms with Crippen LogP contribution in [0.2, 0.25) is 0 Å². The summed E-state index contributed by atoms with van der Waals surface area (Å²) in [6.45, 7) is 4.66. The lowest BCUT2D eigenvalue weighted by atomic mass is 9.82. The van der Waals surface area contributed by atoms with Crippen molar-refractivity contribution in [3.05, 3.63) is 59.7 Å². The highest BCUT2D eigenvalue weighted by molar-refractivity contribution is 5.76. The molecule has 4 rings (SSSR count). The lowest BCUT2D eigenvalue weighted by Crippen LogP contribution is -2.40. The predicted octanol–water partition coefficient (Wildman–Crippen LogP) is 3.96. The van der Waals surface area contributed by atoms with Crippen molar-refractivity contribution in [2.75, 3.05) is 33.9 Å². The quantitative estimate of drug-likeness (QED) is 0.726. The first-order valence-corrected chi connectivity index (χ1v) is 10.9. The van der Waals surface area contributed by atoms with E-state index >= 15 is 0 Å². The third-order valence-electron chi connectivity index (χ3n) is 6.63.